The van der Waals surface area contributed by atoms with Crippen molar-refractivity contribution in [1.82, 2.24) is 0 Å². The van der Waals surface area contributed by atoms with E-state index in [-0.39, 0.29) is 34.5 Å². The van der Waals surface area contributed by atoms with Crippen LogP contribution in [0.1, 0.15) is 16.8 Å². The first-order valence-corrected chi connectivity index (χ1v) is 7.98. The first-order chi connectivity index (χ1) is 9.71. The highest BCUT2D eigenvalue weighted by Crippen LogP contribution is 2.29. The van der Waals surface area contributed by atoms with Crippen molar-refractivity contribution in [2.75, 3.05) is 23.5 Å². The van der Waals surface area contributed by atoms with Gasteiger partial charge in [0.05, 0.1) is 27.7 Å². The van der Waals surface area contributed by atoms with Crippen LogP contribution in [0, 0.1) is 10.1 Å². The van der Waals surface area contributed by atoms with Gasteiger partial charge in [-0.25, -0.2) is 13.2 Å². The molecular formula is C12H14N2O6S. The van der Waals surface area contributed by atoms with Crippen molar-refractivity contribution in [3.8, 4) is 0 Å². The van der Waals surface area contributed by atoms with Crippen LogP contribution in [0.5, 0.6) is 0 Å². The van der Waals surface area contributed by atoms with Crippen LogP contribution >= 0.6 is 0 Å². The zero-order valence-electron chi connectivity index (χ0n) is 11.2. The monoisotopic (exact) mass is 314 g/mol. The van der Waals surface area contributed by atoms with Crippen molar-refractivity contribution in [3.63, 3.8) is 0 Å². The number of anilines is 1. The molecule has 1 aromatic rings. The molecule has 0 bridgehead atoms. The van der Waals surface area contributed by atoms with Gasteiger partial charge in [0.15, 0.2) is 9.84 Å². The molecule has 1 heterocycles. The molecule has 0 radical (unpaired) electrons. The maximum absolute atomic E-state index is 11.5. The zero-order chi connectivity index (χ0) is 15.8. The highest BCUT2D eigenvalue weighted by atomic mass is 32.2. The number of rotatable bonds is 4. The number of nitrogens with zero attached hydrogens (tertiary/aromatic N) is 2. The van der Waals surface area contributed by atoms with Crippen molar-refractivity contribution in [1.29, 1.82) is 0 Å². The number of benzene rings is 1. The third-order valence-electron chi connectivity index (χ3n) is 3.56. The predicted octanol–water partition coefficient (Wildman–Crippen LogP) is 0.916. The fourth-order valence-electron chi connectivity index (χ4n) is 2.38. The van der Waals surface area contributed by atoms with Crippen LogP contribution in [0.25, 0.3) is 0 Å². The predicted molar refractivity (Wildman–Crippen MR) is 75.5 cm³/mol. The van der Waals surface area contributed by atoms with Gasteiger partial charge in [0, 0.05) is 25.2 Å². The maximum atomic E-state index is 11.5. The van der Waals surface area contributed by atoms with E-state index in [0.717, 1.165) is 18.2 Å². The molecule has 1 atom stereocenters. The van der Waals surface area contributed by atoms with E-state index in [1.54, 1.807) is 7.05 Å². The van der Waals surface area contributed by atoms with Crippen molar-refractivity contribution < 1.29 is 23.2 Å². The number of hydrogen-bond acceptors (Lipinski definition) is 6. The van der Waals surface area contributed by atoms with Gasteiger partial charge in [-0.15, -0.1) is 0 Å². The molecule has 0 aromatic heterocycles. The summed E-state index contributed by atoms with van der Waals surface area (Å²) < 4.78 is 23.0. The summed E-state index contributed by atoms with van der Waals surface area (Å²) in [4.78, 5) is 22.9. The SMILES string of the molecule is CN(c1cc([N+](=O)[O-])ccc1C(=O)O)C1CCS(=O)(=O)C1. The lowest BCUT2D eigenvalue weighted by molar-refractivity contribution is -0.384. The van der Waals surface area contributed by atoms with Crippen LogP contribution in [0.4, 0.5) is 11.4 Å². The molecule has 1 aliphatic heterocycles. The average molecular weight is 314 g/mol. The summed E-state index contributed by atoms with van der Waals surface area (Å²) in [7, 11) is -1.58. The smallest absolute Gasteiger partial charge is 0.337 e. The Morgan fingerprint density at radius 1 is 1.48 bits per heavy atom. The number of carboxylic acid groups (broad SMARTS) is 1. The van der Waals surface area contributed by atoms with Gasteiger partial charge in [-0.1, -0.05) is 0 Å². The van der Waals surface area contributed by atoms with Crippen LogP contribution < -0.4 is 4.90 Å². The van der Waals surface area contributed by atoms with Gasteiger partial charge in [-0.05, 0) is 12.5 Å². The number of nitro groups is 1. The van der Waals surface area contributed by atoms with Crippen LogP contribution in [0.2, 0.25) is 0 Å². The normalized spacial score (nSPS) is 20.1. The summed E-state index contributed by atoms with van der Waals surface area (Å²) in [5.74, 6) is -1.25. The third kappa shape index (κ3) is 3.13. The fourth-order valence-corrected chi connectivity index (χ4v) is 4.16. The Morgan fingerprint density at radius 2 is 2.14 bits per heavy atom. The van der Waals surface area contributed by atoms with E-state index in [9.17, 15) is 28.4 Å². The first kappa shape index (κ1) is 15.2. The van der Waals surface area contributed by atoms with Crippen molar-refractivity contribution >= 4 is 27.2 Å². The lowest BCUT2D eigenvalue weighted by Gasteiger charge is -2.26. The van der Waals surface area contributed by atoms with Gasteiger partial charge in [0.25, 0.3) is 5.69 Å². The van der Waals surface area contributed by atoms with Gasteiger partial charge in [-0.2, -0.15) is 0 Å². The molecule has 1 fully saturated rings. The summed E-state index contributed by atoms with van der Waals surface area (Å²) >= 11 is 0. The number of carbonyl (C=O) groups is 1. The lowest BCUT2D eigenvalue weighted by atomic mass is 10.1. The molecule has 9 heteroatoms. The first-order valence-electron chi connectivity index (χ1n) is 6.16. The highest BCUT2D eigenvalue weighted by Gasteiger charge is 2.32. The topological polar surface area (TPSA) is 118 Å². The van der Waals surface area contributed by atoms with Gasteiger partial charge in [0.1, 0.15) is 0 Å². The van der Waals surface area contributed by atoms with Crippen molar-refractivity contribution in [2.24, 2.45) is 0 Å². The second-order valence-electron chi connectivity index (χ2n) is 4.93. The summed E-state index contributed by atoms with van der Waals surface area (Å²) in [5.41, 5.74) is -0.172. The van der Waals surface area contributed by atoms with Gasteiger partial charge in [0.2, 0.25) is 0 Å². The molecule has 1 unspecified atom stereocenters. The van der Waals surface area contributed by atoms with Gasteiger partial charge < -0.3 is 10.0 Å². The molecule has 2 rings (SSSR count). The Hall–Kier alpha value is -2.16. The number of non-ortho nitro benzene ring substituents is 1. The van der Waals surface area contributed by atoms with Crippen molar-refractivity contribution in [3.05, 3.63) is 33.9 Å². The lowest BCUT2D eigenvalue weighted by Crippen LogP contribution is -2.33. The minimum absolute atomic E-state index is 0.0410. The van der Waals surface area contributed by atoms with E-state index in [4.69, 9.17) is 0 Å². The van der Waals surface area contributed by atoms with Crippen LogP contribution in [-0.2, 0) is 9.84 Å². The minimum Gasteiger partial charge on any atom is -0.478 e. The number of carboxylic acids is 1. The molecule has 0 amide bonds. The Morgan fingerprint density at radius 3 is 2.62 bits per heavy atom. The summed E-state index contributed by atoms with van der Waals surface area (Å²) in [6.07, 6.45) is 0.376. The Bertz CT molecular complexity index is 700. The number of hydrogen-bond donors (Lipinski definition) is 1. The molecule has 0 aliphatic carbocycles. The number of nitro benzene ring substituents is 1. The largest absolute Gasteiger partial charge is 0.478 e. The van der Waals surface area contributed by atoms with E-state index in [1.807, 2.05) is 0 Å². The third-order valence-corrected chi connectivity index (χ3v) is 5.31. The summed E-state index contributed by atoms with van der Waals surface area (Å²) in [6.45, 7) is 0. The molecule has 21 heavy (non-hydrogen) atoms. The molecular weight excluding hydrogens is 300 g/mol. The van der Waals surface area contributed by atoms with Crippen LogP contribution in [0.15, 0.2) is 18.2 Å². The molecule has 1 aliphatic rings. The second-order valence-corrected chi connectivity index (χ2v) is 7.16. The zero-order valence-corrected chi connectivity index (χ0v) is 12.0. The maximum Gasteiger partial charge on any atom is 0.337 e. The quantitative estimate of drug-likeness (QED) is 0.648. The number of sulfone groups is 1. The molecule has 0 saturated carbocycles. The number of aromatic carboxylic acids is 1. The van der Waals surface area contributed by atoms with Gasteiger partial charge >= 0.3 is 5.97 Å². The molecule has 1 saturated heterocycles. The van der Waals surface area contributed by atoms with E-state index in [1.165, 1.54) is 4.90 Å². The molecule has 8 nitrogen and oxygen atoms in total. The van der Waals surface area contributed by atoms with E-state index in [2.05, 4.69) is 0 Å². The van der Waals surface area contributed by atoms with Crippen LogP contribution in [0.3, 0.4) is 0 Å². The molecule has 1 N–H and O–H groups in total. The molecule has 114 valence electrons. The van der Waals surface area contributed by atoms with Crippen LogP contribution in [-0.4, -0.2) is 49.0 Å². The fraction of sp³-hybridized carbons (Fsp3) is 0.417. The summed E-state index contributed by atoms with van der Waals surface area (Å²) in [5, 5.41) is 20.0. The standard InChI is InChI=1S/C12H14N2O6S/c1-13(9-4-5-21(19,20)7-9)11-6-8(14(17)18)2-3-10(11)12(15)16/h2-3,6,9H,4-5,7H2,1H3,(H,15,16). The summed E-state index contributed by atoms with van der Waals surface area (Å²) in [6, 6.07) is 3.06. The Balaban J connectivity index is 2.43. The molecule has 1 aromatic carbocycles. The minimum atomic E-state index is -3.13. The van der Waals surface area contributed by atoms with E-state index in [0.29, 0.717) is 6.42 Å². The molecule has 0 spiro atoms. The van der Waals surface area contributed by atoms with Crippen molar-refractivity contribution in [2.45, 2.75) is 12.5 Å². The van der Waals surface area contributed by atoms with E-state index >= 15 is 0 Å². The van der Waals surface area contributed by atoms with E-state index < -0.39 is 20.7 Å². The Labute approximate surface area is 121 Å². The Kier molecular flexibility index (Phi) is 3.86. The second kappa shape index (κ2) is 5.32. The average Bonchev–Trinajstić information content (AvgIpc) is 2.77. The van der Waals surface area contributed by atoms with Gasteiger partial charge in [-0.3, -0.25) is 10.1 Å². The highest BCUT2D eigenvalue weighted by molar-refractivity contribution is 7.91.